The van der Waals surface area contributed by atoms with Crippen LogP contribution in [0, 0.1) is 11.6 Å². The van der Waals surface area contributed by atoms with Crippen LogP contribution in [-0.4, -0.2) is 40.8 Å². The lowest BCUT2D eigenvalue weighted by molar-refractivity contribution is 0.101. The Balaban J connectivity index is 1.43. The molecule has 1 amide bonds. The molecular weight excluding hydrogens is 488 g/mol. The minimum atomic E-state index is -3.54. The molecule has 5 aromatic rings. The SMILES string of the molecule is CS(=O)(=O)c1ccccc1-c1ccc(NC(=O)c2nnnn2-c2ccc3cc(F)ccc3c2)c(F)c1. The van der Waals surface area contributed by atoms with Gasteiger partial charge in [0.1, 0.15) is 11.6 Å². The molecule has 0 aliphatic heterocycles. The van der Waals surface area contributed by atoms with Gasteiger partial charge in [0, 0.05) is 11.8 Å². The van der Waals surface area contributed by atoms with Crippen molar-refractivity contribution in [2.45, 2.75) is 4.90 Å². The minimum Gasteiger partial charge on any atom is -0.317 e. The van der Waals surface area contributed by atoms with E-state index >= 15 is 0 Å². The lowest BCUT2D eigenvalue weighted by atomic mass is 10.0. The summed E-state index contributed by atoms with van der Waals surface area (Å²) in [6, 6.07) is 19.5. The first-order valence-electron chi connectivity index (χ1n) is 10.6. The van der Waals surface area contributed by atoms with E-state index in [1.807, 2.05) is 0 Å². The summed E-state index contributed by atoms with van der Waals surface area (Å²) in [6.45, 7) is 0. The lowest BCUT2D eigenvalue weighted by Crippen LogP contribution is -2.19. The maximum absolute atomic E-state index is 14.9. The molecule has 0 aliphatic carbocycles. The number of hydrogen-bond donors (Lipinski definition) is 1. The summed E-state index contributed by atoms with van der Waals surface area (Å²) in [5, 5.41) is 15.0. The maximum atomic E-state index is 14.9. The summed E-state index contributed by atoms with van der Waals surface area (Å²) in [4.78, 5) is 13.0. The van der Waals surface area contributed by atoms with Crippen molar-refractivity contribution in [1.82, 2.24) is 20.2 Å². The van der Waals surface area contributed by atoms with Crippen LogP contribution in [0.5, 0.6) is 0 Å². The molecule has 0 aliphatic rings. The molecule has 0 radical (unpaired) electrons. The summed E-state index contributed by atoms with van der Waals surface area (Å²) in [5.74, 6) is -2.09. The van der Waals surface area contributed by atoms with Crippen molar-refractivity contribution in [1.29, 1.82) is 0 Å². The first kappa shape index (κ1) is 23.2. The van der Waals surface area contributed by atoms with Gasteiger partial charge in [-0.15, -0.1) is 5.10 Å². The molecule has 0 fully saturated rings. The normalized spacial score (nSPS) is 11.5. The van der Waals surface area contributed by atoms with Gasteiger partial charge in [-0.2, -0.15) is 4.68 Å². The Labute approximate surface area is 204 Å². The van der Waals surface area contributed by atoms with Crippen LogP contribution in [-0.2, 0) is 9.84 Å². The quantitative estimate of drug-likeness (QED) is 0.379. The average molecular weight is 506 g/mol. The van der Waals surface area contributed by atoms with Gasteiger partial charge in [0.2, 0.25) is 5.82 Å². The number of nitrogens with one attached hydrogen (secondary N) is 1. The highest BCUT2D eigenvalue weighted by Gasteiger charge is 2.20. The van der Waals surface area contributed by atoms with Gasteiger partial charge in [0.15, 0.2) is 9.84 Å². The number of aromatic nitrogens is 4. The zero-order chi connectivity index (χ0) is 25.4. The molecule has 1 aromatic heterocycles. The zero-order valence-electron chi connectivity index (χ0n) is 18.7. The fourth-order valence-electron chi connectivity index (χ4n) is 3.83. The summed E-state index contributed by atoms with van der Waals surface area (Å²) < 4.78 is 53.8. The van der Waals surface area contributed by atoms with Crippen LogP contribution in [0.3, 0.4) is 0 Å². The van der Waals surface area contributed by atoms with Crippen molar-refractivity contribution in [3.05, 3.63) is 96.3 Å². The standard InChI is InChI=1S/C25H17F2N5O3S/c1-36(34,35)23-5-3-2-4-20(23)17-8-11-22(21(27)14-17)28-25(33)24-29-30-31-32(24)19-10-7-15-12-18(26)9-6-16(15)13-19/h2-14H,1H3,(H,28,33). The van der Waals surface area contributed by atoms with Crippen molar-refractivity contribution in [2.75, 3.05) is 11.6 Å². The van der Waals surface area contributed by atoms with E-state index < -0.39 is 21.6 Å². The van der Waals surface area contributed by atoms with Crippen LogP contribution in [0.4, 0.5) is 14.5 Å². The largest absolute Gasteiger partial charge is 0.317 e. The predicted octanol–water partition coefficient (Wildman–Crippen LogP) is 4.42. The highest BCUT2D eigenvalue weighted by molar-refractivity contribution is 7.90. The monoisotopic (exact) mass is 505 g/mol. The molecule has 180 valence electrons. The van der Waals surface area contributed by atoms with Crippen molar-refractivity contribution in [2.24, 2.45) is 0 Å². The first-order chi connectivity index (χ1) is 17.2. The Bertz CT molecular complexity index is 1750. The van der Waals surface area contributed by atoms with Crippen molar-refractivity contribution < 1.29 is 22.0 Å². The third-order valence-corrected chi connectivity index (χ3v) is 6.67. The topological polar surface area (TPSA) is 107 Å². The zero-order valence-corrected chi connectivity index (χ0v) is 19.5. The number of carbonyl (C=O) groups excluding carboxylic acids is 1. The van der Waals surface area contributed by atoms with Crippen LogP contribution < -0.4 is 5.32 Å². The van der Waals surface area contributed by atoms with E-state index in [0.29, 0.717) is 27.6 Å². The summed E-state index contributed by atoms with van der Waals surface area (Å²) in [5.41, 5.74) is 1.00. The predicted molar refractivity (Wildman–Crippen MR) is 130 cm³/mol. The van der Waals surface area contributed by atoms with Gasteiger partial charge in [0.25, 0.3) is 5.91 Å². The number of halogens is 2. The van der Waals surface area contributed by atoms with Gasteiger partial charge in [-0.3, -0.25) is 4.79 Å². The summed E-state index contributed by atoms with van der Waals surface area (Å²) >= 11 is 0. The van der Waals surface area contributed by atoms with Gasteiger partial charge >= 0.3 is 0 Å². The van der Waals surface area contributed by atoms with Gasteiger partial charge in [-0.25, -0.2) is 17.2 Å². The molecule has 36 heavy (non-hydrogen) atoms. The molecular formula is C25H17F2N5O3S. The number of tetrazole rings is 1. The van der Waals surface area contributed by atoms with Gasteiger partial charge in [-0.05, 0) is 69.2 Å². The number of nitrogens with zero attached hydrogens (tertiary/aromatic N) is 4. The average Bonchev–Trinajstić information content (AvgIpc) is 3.35. The second-order valence-corrected chi connectivity index (χ2v) is 9.99. The molecule has 8 nitrogen and oxygen atoms in total. The van der Waals surface area contributed by atoms with Crippen LogP contribution in [0.1, 0.15) is 10.6 Å². The molecule has 11 heteroatoms. The molecule has 0 spiro atoms. The Morgan fingerprint density at radius 2 is 1.67 bits per heavy atom. The minimum absolute atomic E-state index is 0.0680. The molecule has 0 saturated heterocycles. The Morgan fingerprint density at radius 3 is 2.44 bits per heavy atom. The molecule has 1 heterocycles. The molecule has 0 saturated carbocycles. The molecule has 0 atom stereocenters. The van der Waals surface area contributed by atoms with Crippen LogP contribution in [0.15, 0.2) is 83.8 Å². The van der Waals surface area contributed by atoms with E-state index in [0.717, 1.165) is 12.3 Å². The fraction of sp³-hybridized carbons (Fsp3) is 0.0400. The van der Waals surface area contributed by atoms with Crippen LogP contribution in [0.2, 0.25) is 0 Å². The third-order valence-electron chi connectivity index (χ3n) is 5.52. The Kier molecular flexibility index (Phi) is 5.77. The first-order valence-corrected chi connectivity index (χ1v) is 12.5. The third kappa shape index (κ3) is 4.43. The number of hydrogen-bond acceptors (Lipinski definition) is 6. The fourth-order valence-corrected chi connectivity index (χ4v) is 4.74. The molecule has 0 unspecified atom stereocenters. The molecule has 4 aromatic carbocycles. The number of rotatable bonds is 5. The van der Waals surface area contributed by atoms with Crippen LogP contribution in [0.25, 0.3) is 27.6 Å². The number of fused-ring (bicyclic) bond motifs is 1. The highest BCUT2D eigenvalue weighted by Crippen LogP contribution is 2.30. The second-order valence-electron chi connectivity index (χ2n) is 8.01. The van der Waals surface area contributed by atoms with E-state index in [-0.39, 0.29) is 22.2 Å². The van der Waals surface area contributed by atoms with E-state index in [4.69, 9.17) is 0 Å². The highest BCUT2D eigenvalue weighted by atomic mass is 32.2. The van der Waals surface area contributed by atoms with Crippen LogP contribution >= 0.6 is 0 Å². The van der Waals surface area contributed by atoms with Crippen molar-refractivity contribution in [3.8, 4) is 16.8 Å². The van der Waals surface area contributed by atoms with Gasteiger partial charge < -0.3 is 5.32 Å². The number of carbonyl (C=O) groups is 1. The summed E-state index contributed by atoms with van der Waals surface area (Å²) in [7, 11) is -3.54. The number of benzene rings is 4. The number of anilines is 1. The van der Waals surface area contributed by atoms with Gasteiger partial charge in [-0.1, -0.05) is 36.4 Å². The van der Waals surface area contributed by atoms with E-state index in [1.54, 1.807) is 42.5 Å². The second kappa shape index (κ2) is 8.93. The Hall–Kier alpha value is -4.51. The van der Waals surface area contributed by atoms with Gasteiger partial charge in [0.05, 0.1) is 16.3 Å². The number of amides is 1. The molecule has 0 bridgehead atoms. The van der Waals surface area contributed by atoms with Crippen molar-refractivity contribution >= 4 is 32.2 Å². The maximum Gasteiger partial charge on any atom is 0.295 e. The lowest BCUT2D eigenvalue weighted by Gasteiger charge is -2.11. The smallest absolute Gasteiger partial charge is 0.295 e. The van der Waals surface area contributed by atoms with E-state index in [9.17, 15) is 22.0 Å². The summed E-state index contributed by atoms with van der Waals surface area (Å²) in [6.07, 6.45) is 1.08. The Morgan fingerprint density at radius 1 is 0.917 bits per heavy atom. The van der Waals surface area contributed by atoms with Crippen molar-refractivity contribution in [3.63, 3.8) is 0 Å². The van der Waals surface area contributed by atoms with E-state index in [1.165, 1.54) is 35.0 Å². The molecule has 1 N–H and O–H groups in total. The number of sulfone groups is 1. The van der Waals surface area contributed by atoms with E-state index in [2.05, 4.69) is 20.8 Å². The molecule has 5 rings (SSSR count).